The van der Waals surface area contributed by atoms with Crippen molar-refractivity contribution in [3.63, 3.8) is 0 Å². The number of rotatable bonds is 2. The Kier molecular flexibility index (Phi) is 2.48. The van der Waals surface area contributed by atoms with Crippen LogP contribution in [-0.4, -0.2) is 21.5 Å². The minimum absolute atomic E-state index is 0.0752. The van der Waals surface area contributed by atoms with Gasteiger partial charge in [0.25, 0.3) is 0 Å². The molecule has 1 aromatic heterocycles. The van der Waals surface area contributed by atoms with E-state index >= 15 is 0 Å². The van der Waals surface area contributed by atoms with Gasteiger partial charge >= 0.3 is 0 Å². The average Bonchev–Trinajstić information content (AvgIpc) is 2.77. The third-order valence-corrected chi connectivity index (χ3v) is 3.77. The van der Waals surface area contributed by atoms with Crippen LogP contribution < -0.4 is 0 Å². The van der Waals surface area contributed by atoms with Crippen LogP contribution in [0.4, 0.5) is 0 Å². The lowest BCUT2D eigenvalue weighted by Crippen LogP contribution is -2.33. The van der Waals surface area contributed by atoms with Crippen molar-refractivity contribution in [1.29, 1.82) is 0 Å². The fourth-order valence-corrected chi connectivity index (χ4v) is 2.47. The van der Waals surface area contributed by atoms with Crippen LogP contribution in [-0.2, 0) is 10.3 Å². The topological polar surface area (TPSA) is 47.3 Å². The zero-order valence-electron chi connectivity index (χ0n) is 9.43. The molecule has 1 atom stereocenters. The maximum atomic E-state index is 10.2. The van der Waals surface area contributed by atoms with Gasteiger partial charge in [-0.25, -0.2) is 4.68 Å². The summed E-state index contributed by atoms with van der Waals surface area (Å²) in [4.78, 5) is 0. The van der Waals surface area contributed by atoms with Crippen molar-refractivity contribution in [2.24, 2.45) is 0 Å². The van der Waals surface area contributed by atoms with Gasteiger partial charge < -0.3 is 9.84 Å². The number of nitrogens with zero attached hydrogens (tertiary/aromatic N) is 2. The van der Waals surface area contributed by atoms with E-state index in [2.05, 4.69) is 5.10 Å². The minimum Gasteiger partial charge on any atom is -0.385 e. The van der Waals surface area contributed by atoms with Crippen molar-refractivity contribution in [3.8, 4) is 0 Å². The Morgan fingerprint density at radius 3 is 2.88 bits per heavy atom. The van der Waals surface area contributed by atoms with Gasteiger partial charge in [0.05, 0.1) is 11.8 Å². The van der Waals surface area contributed by atoms with Gasteiger partial charge in [-0.05, 0) is 38.5 Å². The van der Waals surface area contributed by atoms with Crippen molar-refractivity contribution in [2.45, 2.75) is 50.4 Å². The number of aromatic nitrogens is 2. The summed E-state index contributed by atoms with van der Waals surface area (Å²) < 4.78 is 7.53. The molecule has 1 unspecified atom stereocenters. The molecular weight excluding hydrogens is 204 g/mol. The Labute approximate surface area is 95.2 Å². The fraction of sp³-hybridized carbons (Fsp3) is 0.750. The summed E-state index contributed by atoms with van der Waals surface area (Å²) in [6.07, 6.45) is 10.0. The summed E-state index contributed by atoms with van der Waals surface area (Å²) in [5, 5.41) is 14.5. The first-order valence-electron chi connectivity index (χ1n) is 6.17. The lowest BCUT2D eigenvalue weighted by molar-refractivity contribution is -0.0444. The smallest absolute Gasteiger partial charge is 0.150 e. The maximum absolute atomic E-state index is 10.2. The van der Waals surface area contributed by atoms with Crippen molar-refractivity contribution < 1.29 is 9.84 Å². The Morgan fingerprint density at radius 2 is 2.25 bits per heavy atom. The van der Waals surface area contributed by atoms with E-state index in [1.54, 1.807) is 6.20 Å². The van der Waals surface area contributed by atoms with Crippen molar-refractivity contribution in [3.05, 3.63) is 18.0 Å². The van der Waals surface area contributed by atoms with Crippen LogP contribution in [0.15, 0.2) is 12.4 Å². The summed E-state index contributed by atoms with van der Waals surface area (Å²) in [6, 6.07) is 0. The van der Waals surface area contributed by atoms with Crippen LogP contribution >= 0.6 is 0 Å². The maximum Gasteiger partial charge on any atom is 0.150 e. The highest BCUT2D eigenvalue weighted by molar-refractivity contribution is 5.18. The molecule has 88 valence electrons. The monoisotopic (exact) mass is 222 g/mol. The van der Waals surface area contributed by atoms with Gasteiger partial charge in [-0.2, -0.15) is 5.10 Å². The molecule has 0 radical (unpaired) electrons. The van der Waals surface area contributed by atoms with Gasteiger partial charge in [-0.15, -0.1) is 0 Å². The van der Waals surface area contributed by atoms with Gasteiger partial charge in [0.2, 0.25) is 0 Å². The fourth-order valence-electron chi connectivity index (χ4n) is 2.47. The SMILES string of the molecule is OC1(c2cnn(C3CCCCO3)c2)CCC1. The van der Waals surface area contributed by atoms with Crippen molar-refractivity contribution in [2.75, 3.05) is 6.61 Å². The van der Waals surface area contributed by atoms with E-state index in [4.69, 9.17) is 4.74 Å². The Hall–Kier alpha value is -0.870. The van der Waals surface area contributed by atoms with E-state index in [0.717, 1.165) is 44.3 Å². The molecule has 1 saturated heterocycles. The molecule has 0 bridgehead atoms. The third-order valence-electron chi connectivity index (χ3n) is 3.77. The molecule has 1 saturated carbocycles. The number of ether oxygens (including phenoxy) is 1. The number of aliphatic hydroxyl groups is 1. The highest BCUT2D eigenvalue weighted by atomic mass is 16.5. The third kappa shape index (κ3) is 1.66. The molecule has 3 rings (SSSR count). The van der Waals surface area contributed by atoms with Crippen LogP contribution in [0.1, 0.15) is 50.3 Å². The molecule has 0 aromatic carbocycles. The molecule has 0 spiro atoms. The predicted molar refractivity (Wildman–Crippen MR) is 58.8 cm³/mol. The lowest BCUT2D eigenvalue weighted by Gasteiger charge is -2.35. The molecule has 2 fully saturated rings. The first kappa shape index (κ1) is 10.3. The molecule has 0 amide bonds. The molecule has 2 aliphatic rings. The summed E-state index contributed by atoms with van der Waals surface area (Å²) in [5.41, 5.74) is 0.348. The van der Waals surface area contributed by atoms with Gasteiger partial charge in [0, 0.05) is 18.4 Å². The van der Waals surface area contributed by atoms with Crippen LogP contribution in [0.2, 0.25) is 0 Å². The zero-order valence-corrected chi connectivity index (χ0v) is 9.43. The predicted octanol–water partition coefficient (Wildman–Crippen LogP) is 1.95. The molecule has 4 nitrogen and oxygen atoms in total. The summed E-state index contributed by atoms with van der Waals surface area (Å²) in [6.45, 7) is 0.824. The van der Waals surface area contributed by atoms with E-state index in [1.165, 1.54) is 6.42 Å². The summed E-state index contributed by atoms with van der Waals surface area (Å²) >= 11 is 0. The van der Waals surface area contributed by atoms with E-state index in [0.29, 0.717) is 0 Å². The van der Waals surface area contributed by atoms with Crippen molar-refractivity contribution >= 4 is 0 Å². The Morgan fingerprint density at radius 1 is 1.38 bits per heavy atom. The highest BCUT2D eigenvalue weighted by Crippen LogP contribution is 2.41. The second-order valence-corrected chi connectivity index (χ2v) is 4.92. The molecule has 1 aromatic rings. The summed E-state index contributed by atoms with van der Waals surface area (Å²) in [7, 11) is 0. The average molecular weight is 222 g/mol. The van der Waals surface area contributed by atoms with Crippen LogP contribution in [0.25, 0.3) is 0 Å². The Balaban J connectivity index is 1.76. The molecule has 1 aliphatic heterocycles. The van der Waals surface area contributed by atoms with Crippen LogP contribution in [0.3, 0.4) is 0 Å². The van der Waals surface area contributed by atoms with E-state index < -0.39 is 5.60 Å². The molecule has 1 N–H and O–H groups in total. The van der Waals surface area contributed by atoms with Gasteiger partial charge in [0.15, 0.2) is 0 Å². The summed E-state index contributed by atoms with van der Waals surface area (Å²) in [5.74, 6) is 0. The zero-order chi connectivity index (χ0) is 11.0. The van der Waals surface area contributed by atoms with Gasteiger partial charge in [-0.1, -0.05) is 0 Å². The molecule has 1 aliphatic carbocycles. The number of hydrogen-bond donors (Lipinski definition) is 1. The van der Waals surface area contributed by atoms with Crippen molar-refractivity contribution in [1.82, 2.24) is 9.78 Å². The lowest BCUT2D eigenvalue weighted by atomic mass is 9.76. The largest absolute Gasteiger partial charge is 0.385 e. The standard InChI is InChI=1S/C12H18N2O2/c15-12(5-3-6-12)10-8-13-14(9-10)11-4-1-2-7-16-11/h8-9,11,15H,1-7H2. The quantitative estimate of drug-likeness (QED) is 0.832. The molecule has 16 heavy (non-hydrogen) atoms. The number of hydrogen-bond acceptors (Lipinski definition) is 3. The first-order valence-corrected chi connectivity index (χ1v) is 6.17. The van der Waals surface area contributed by atoms with Gasteiger partial charge in [-0.3, -0.25) is 0 Å². The Bertz CT molecular complexity index is 365. The van der Waals surface area contributed by atoms with Crippen LogP contribution in [0.5, 0.6) is 0 Å². The highest BCUT2D eigenvalue weighted by Gasteiger charge is 2.37. The normalized spacial score (nSPS) is 28.7. The second-order valence-electron chi connectivity index (χ2n) is 4.92. The van der Waals surface area contributed by atoms with E-state index in [9.17, 15) is 5.11 Å². The molecular formula is C12H18N2O2. The molecule has 2 heterocycles. The minimum atomic E-state index is -0.604. The first-order chi connectivity index (χ1) is 7.78. The van der Waals surface area contributed by atoms with Gasteiger partial charge in [0.1, 0.15) is 6.23 Å². The molecule has 4 heteroatoms. The van der Waals surface area contributed by atoms with E-state index in [1.807, 2.05) is 10.9 Å². The van der Waals surface area contributed by atoms with E-state index in [-0.39, 0.29) is 6.23 Å². The van der Waals surface area contributed by atoms with Crippen LogP contribution in [0, 0.1) is 0 Å². The second kappa shape index (κ2) is 3.86.